The summed E-state index contributed by atoms with van der Waals surface area (Å²) in [5, 5.41) is 18.5. The molecular weight excluding hydrogens is 388 g/mol. The molecule has 10 nitrogen and oxygen atoms in total. The van der Waals surface area contributed by atoms with Crippen LogP contribution in [0.15, 0.2) is 30.9 Å². The fourth-order valence-electron chi connectivity index (χ4n) is 3.97. The van der Waals surface area contributed by atoms with E-state index in [0.717, 1.165) is 25.9 Å². The second-order valence-electron chi connectivity index (χ2n) is 7.30. The average molecular weight is 416 g/mol. The molecule has 1 unspecified atom stereocenters. The standard InChI is InChI=1S/C20H28N6O4/c1-3-15(4-2)19(24-7-9-30-10-8-24)12-22-20(27)16-5-6-17(18(11-16)26(28)29)25-14-21-13-23-25/h5-6,11,13-15,19H,3-4,7-10,12H2,1-2H3,(H,22,27). The third-order valence-electron chi connectivity index (χ3n) is 5.68. The van der Waals surface area contributed by atoms with Crippen LogP contribution in [0.3, 0.4) is 0 Å². The van der Waals surface area contributed by atoms with E-state index in [9.17, 15) is 14.9 Å². The molecule has 0 aliphatic carbocycles. The number of carbonyl (C=O) groups is 1. The SMILES string of the molecule is CCC(CC)C(CNC(=O)c1ccc(-n2cncn2)c([N+](=O)[O-])c1)N1CCOCC1. The molecule has 1 aliphatic rings. The quantitative estimate of drug-likeness (QED) is 0.491. The number of morpholine rings is 1. The lowest BCUT2D eigenvalue weighted by Gasteiger charge is -2.38. The van der Waals surface area contributed by atoms with E-state index in [-0.39, 0.29) is 28.9 Å². The fraction of sp³-hybridized carbons (Fsp3) is 0.550. The summed E-state index contributed by atoms with van der Waals surface area (Å²) < 4.78 is 6.77. The van der Waals surface area contributed by atoms with Crippen molar-refractivity contribution in [2.24, 2.45) is 5.92 Å². The molecule has 0 bridgehead atoms. The zero-order valence-corrected chi connectivity index (χ0v) is 17.4. The molecule has 1 atom stereocenters. The predicted octanol–water partition coefficient (Wildman–Crippen LogP) is 2.04. The van der Waals surface area contributed by atoms with Crippen molar-refractivity contribution in [1.82, 2.24) is 25.0 Å². The summed E-state index contributed by atoms with van der Waals surface area (Å²) in [6.07, 6.45) is 4.72. The Morgan fingerprint density at radius 3 is 2.63 bits per heavy atom. The number of amides is 1. The molecule has 10 heteroatoms. The first-order valence-electron chi connectivity index (χ1n) is 10.3. The third-order valence-corrected chi connectivity index (χ3v) is 5.68. The summed E-state index contributed by atoms with van der Waals surface area (Å²) in [6.45, 7) is 7.89. The lowest BCUT2D eigenvalue weighted by Crippen LogP contribution is -2.52. The third kappa shape index (κ3) is 5.00. The number of carbonyl (C=O) groups excluding carboxylic acids is 1. The topological polar surface area (TPSA) is 115 Å². The predicted molar refractivity (Wildman–Crippen MR) is 111 cm³/mol. The maximum Gasteiger partial charge on any atom is 0.295 e. The molecule has 1 aliphatic heterocycles. The molecule has 1 aromatic carbocycles. The number of aromatic nitrogens is 3. The second kappa shape index (κ2) is 10.3. The van der Waals surface area contributed by atoms with Crippen molar-refractivity contribution in [3.63, 3.8) is 0 Å². The van der Waals surface area contributed by atoms with E-state index in [2.05, 4.69) is 34.1 Å². The largest absolute Gasteiger partial charge is 0.379 e. The number of nitrogens with one attached hydrogen (secondary N) is 1. The first-order chi connectivity index (χ1) is 14.5. The minimum atomic E-state index is -0.519. The van der Waals surface area contributed by atoms with Gasteiger partial charge in [0.25, 0.3) is 11.6 Å². The first-order valence-corrected chi connectivity index (χ1v) is 10.3. The Bertz CT molecular complexity index is 847. The molecule has 0 saturated carbocycles. The number of nitrogens with zero attached hydrogens (tertiary/aromatic N) is 5. The maximum absolute atomic E-state index is 12.8. The number of nitro groups is 1. The molecule has 1 fully saturated rings. The van der Waals surface area contributed by atoms with E-state index >= 15 is 0 Å². The smallest absolute Gasteiger partial charge is 0.295 e. The number of nitro benzene ring substituents is 1. The van der Waals surface area contributed by atoms with Crippen molar-refractivity contribution in [2.75, 3.05) is 32.8 Å². The summed E-state index contributed by atoms with van der Waals surface area (Å²) >= 11 is 0. The van der Waals surface area contributed by atoms with E-state index in [0.29, 0.717) is 25.7 Å². The van der Waals surface area contributed by atoms with E-state index in [1.54, 1.807) is 6.07 Å². The van der Waals surface area contributed by atoms with Crippen molar-refractivity contribution in [3.05, 3.63) is 46.5 Å². The summed E-state index contributed by atoms with van der Waals surface area (Å²) in [4.78, 5) is 30.0. The van der Waals surface area contributed by atoms with Crippen LogP contribution in [0.4, 0.5) is 5.69 Å². The lowest BCUT2D eigenvalue weighted by molar-refractivity contribution is -0.384. The Labute approximate surface area is 175 Å². The highest BCUT2D eigenvalue weighted by Crippen LogP contribution is 2.24. The number of hydrogen-bond acceptors (Lipinski definition) is 7. The van der Waals surface area contributed by atoms with Gasteiger partial charge in [-0.05, 0) is 18.1 Å². The second-order valence-corrected chi connectivity index (χ2v) is 7.30. The van der Waals surface area contributed by atoms with Crippen LogP contribution in [-0.4, -0.2) is 69.4 Å². The minimum absolute atomic E-state index is 0.196. The summed E-state index contributed by atoms with van der Waals surface area (Å²) in [7, 11) is 0. The van der Waals surface area contributed by atoms with Crippen molar-refractivity contribution in [2.45, 2.75) is 32.7 Å². The van der Waals surface area contributed by atoms with Crippen molar-refractivity contribution >= 4 is 11.6 Å². The monoisotopic (exact) mass is 416 g/mol. The zero-order chi connectivity index (χ0) is 21.5. The molecule has 0 radical (unpaired) electrons. The van der Waals surface area contributed by atoms with Crippen LogP contribution < -0.4 is 5.32 Å². The minimum Gasteiger partial charge on any atom is -0.379 e. The van der Waals surface area contributed by atoms with Gasteiger partial charge in [0.05, 0.1) is 18.1 Å². The molecule has 162 valence electrons. The van der Waals surface area contributed by atoms with Gasteiger partial charge >= 0.3 is 0 Å². The van der Waals surface area contributed by atoms with Crippen LogP contribution in [0.2, 0.25) is 0 Å². The van der Waals surface area contributed by atoms with E-state index in [1.807, 2.05) is 0 Å². The number of rotatable bonds is 9. The molecule has 2 aromatic rings. The number of hydrogen-bond donors (Lipinski definition) is 1. The zero-order valence-electron chi connectivity index (χ0n) is 17.4. The van der Waals surface area contributed by atoms with Crippen LogP contribution in [0.5, 0.6) is 0 Å². The Hall–Kier alpha value is -2.85. The van der Waals surface area contributed by atoms with Crippen molar-refractivity contribution in [1.29, 1.82) is 0 Å². The van der Waals surface area contributed by atoms with Gasteiger partial charge in [0.2, 0.25) is 0 Å². The lowest BCUT2D eigenvalue weighted by atomic mass is 9.92. The van der Waals surface area contributed by atoms with Gasteiger partial charge < -0.3 is 10.1 Å². The summed E-state index contributed by atoms with van der Waals surface area (Å²) in [5.74, 6) is 0.125. The van der Waals surface area contributed by atoms with Crippen molar-refractivity contribution < 1.29 is 14.5 Å². The molecule has 0 spiro atoms. The molecular formula is C20H28N6O4. The fourth-order valence-corrected chi connectivity index (χ4v) is 3.97. The first kappa shape index (κ1) is 21.8. The maximum atomic E-state index is 12.8. The normalized spacial score (nSPS) is 15.8. The highest BCUT2D eigenvalue weighted by atomic mass is 16.6. The number of ether oxygens (including phenoxy) is 1. The van der Waals surface area contributed by atoms with Gasteiger partial charge in [-0.25, -0.2) is 9.67 Å². The van der Waals surface area contributed by atoms with Crippen LogP contribution in [-0.2, 0) is 4.74 Å². The van der Waals surface area contributed by atoms with Gasteiger partial charge in [-0.3, -0.25) is 19.8 Å². The molecule has 2 heterocycles. The Morgan fingerprint density at radius 2 is 2.03 bits per heavy atom. The van der Waals surface area contributed by atoms with Crippen LogP contribution >= 0.6 is 0 Å². The molecule has 3 rings (SSSR count). The van der Waals surface area contributed by atoms with Crippen molar-refractivity contribution in [3.8, 4) is 5.69 Å². The van der Waals surface area contributed by atoms with Gasteiger partial charge in [0.1, 0.15) is 18.3 Å². The van der Waals surface area contributed by atoms with E-state index < -0.39 is 4.92 Å². The molecule has 1 amide bonds. The Morgan fingerprint density at radius 1 is 1.30 bits per heavy atom. The van der Waals surface area contributed by atoms with Gasteiger partial charge in [-0.1, -0.05) is 26.7 Å². The number of benzene rings is 1. The Kier molecular flexibility index (Phi) is 7.47. The average Bonchev–Trinajstić information content (AvgIpc) is 3.31. The van der Waals surface area contributed by atoms with Crippen LogP contribution in [0, 0.1) is 16.0 Å². The van der Waals surface area contributed by atoms with Gasteiger partial charge in [-0.15, -0.1) is 0 Å². The Balaban J connectivity index is 1.75. The highest BCUT2D eigenvalue weighted by Gasteiger charge is 2.28. The van der Waals surface area contributed by atoms with Gasteiger partial charge in [-0.2, -0.15) is 5.10 Å². The molecule has 30 heavy (non-hydrogen) atoms. The van der Waals surface area contributed by atoms with E-state index in [1.165, 1.54) is 29.5 Å². The van der Waals surface area contributed by atoms with Gasteiger partial charge in [0, 0.05) is 37.3 Å². The molecule has 1 N–H and O–H groups in total. The molecule has 1 saturated heterocycles. The summed E-state index contributed by atoms with van der Waals surface area (Å²) in [5.41, 5.74) is 0.311. The highest BCUT2D eigenvalue weighted by molar-refractivity contribution is 5.95. The van der Waals surface area contributed by atoms with Gasteiger partial charge in [0.15, 0.2) is 0 Å². The van der Waals surface area contributed by atoms with Crippen LogP contribution in [0.25, 0.3) is 5.69 Å². The molecule has 1 aromatic heterocycles. The van der Waals surface area contributed by atoms with E-state index in [4.69, 9.17) is 4.74 Å². The van der Waals surface area contributed by atoms with Crippen LogP contribution in [0.1, 0.15) is 37.0 Å². The summed E-state index contributed by atoms with van der Waals surface area (Å²) in [6, 6.07) is 4.58.